The van der Waals surface area contributed by atoms with Gasteiger partial charge in [0.15, 0.2) is 0 Å². The third kappa shape index (κ3) is 11.7. The molecule has 2 rings (SSSR count). The van der Waals surface area contributed by atoms with E-state index in [0.717, 1.165) is 39.4 Å². The number of carbonyl (C=O) groups excluding carboxylic acids is 2. The van der Waals surface area contributed by atoms with Gasteiger partial charge >= 0.3 is 0 Å². The summed E-state index contributed by atoms with van der Waals surface area (Å²) in [6, 6.07) is 5.61. The number of nitrogens with one attached hydrogen (secondary N) is 3. The molecule has 0 radical (unpaired) electrons. The number of rotatable bonds is 13. The van der Waals surface area contributed by atoms with E-state index in [1.54, 1.807) is 29.6 Å². The number of allylic oxidation sites excluding steroid dienone is 6. The highest BCUT2D eigenvalue weighted by molar-refractivity contribution is 8.02. The number of hydrogen-bond donors (Lipinski definition) is 3. The van der Waals surface area contributed by atoms with Crippen molar-refractivity contribution in [2.75, 3.05) is 17.3 Å². The summed E-state index contributed by atoms with van der Waals surface area (Å²) in [6.07, 6.45) is 13.0. The van der Waals surface area contributed by atoms with Crippen LogP contribution in [0.4, 0.5) is 5.69 Å². The van der Waals surface area contributed by atoms with E-state index in [1.807, 2.05) is 75.8 Å². The molecule has 0 unspecified atom stereocenters. The van der Waals surface area contributed by atoms with Gasteiger partial charge in [-0.1, -0.05) is 45.6 Å². The molecule has 2 aromatic rings. The Morgan fingerprint density at radius 2 is 1.95 bits per heavy atom. The molecule has 0 spiro atoms. The van der Waals surface area contributed by atoms with E-state index in [0.29, 0.717) is 24.4 Å². The van der Waals surface area contributed by atoms with Crippen LogP contribution in [0.5, 0.6) is 0 Å². The molecule has 3 N–H and O–H groups in total. The zero-order chi connectivity index (χ0) is 27.6. The number of amides is 2. The van der Waals surface area contributed by atoms with Crippen LogP contribution in [0.2, 0.25) is 0 Å². The van der Waals surface area contributed by atoms with Gasteiger partial charge in [-0.15, -0.1) is 23.5 Å². The summed E-state index contributed by atoms with van der Waals surface area (Å²) in [5.74, 6) is 1.37. The van der Waals surface area contributed by atoms with E-state index in [4.69, 9.17) is 0 Å². The average Bonchev–Trinajstić information content (AvgIpc) is 3.33. The Hall–Kier alpha value is -2.97. The fourth-order valence-corrected chi connectivity index (χ4v) is 4.33. The van der Waals surface area contributed by atoms with Gasteiger partial charge < -0.3 is 15.6 Å². The Bertz CT molecular complexity index is 1160. The van der Waals surface area contributed by atoms with Crippen molar-refractivity contribution in [3.05, 3.63) is 77.0 Å². The average molecular weight is 541 g/mol. The first-order valence-electron chi connectivity index (χ1n) is 12.5. The van der Waals surface area contributed by atoms with Crippen molar-refractivity contribution in [3.63, 3.8) is 0 Å². The third-order valence-electron chi connectivity index (χ3n) is 4.86. The first kappa shape index (κ1) is 32.1. The molecule has 1 heterocycles. The van der Waals surface area contributed by atoms with Gasteiger partial charge in [0.25, 0.3) is 0 Å². The van der Waals surface area contributed by atoms with Crippen molar-refractivity contribution in [2.24, 2.45) is 0 Å². The molecule has 200 valence electrons. The summed E-state index contributed by atoms with van der Waals surface area (Å²) in [5, 5.41) is 7.82. The maximum atomic E-state index is 12.4. The number of aromatic amines is 1. The van der Waals surface area contributed by atoms with E-state index < -0.39 is 0 Å². The molecule has 0 atom stereocenters. The number of anilines is 1. The summed E-state index contributed by atoms with van der Waals surface area (Å²) in [7, 11) is 0. The molecule has 6 nitrogen and oxygen atoms in total. The number of thioether (sulfide) groups is 2. The van der Waals surface area contributed by atoms with Gasteiger partial charge in [-0.2, -0.15) is 0 Å². The fraction of sp³-hybridized carbons (Fsp3) is 0.345. The summed E-state index contributed by atoms with van der Waals surface area (Å²) < 4.78 is 0. The summed E-state index contributed by atoms with van der Waals surface area (Å²) in [4.78, 5) is 33.5. The number of fused-ring (bicyclic) bond motifs is 1. The Labute approximate surface area is 230 Å². The first-order valence-corrected chi connectivity index (χ1v) is 14.7. The normalized spacial score (nSPS) is 12.3. The van der Waals surface area contributed by atoms with E-state index in [2.05, 4.69) is 40.2 Å². The highest BCUT2D eigenvalue weighted by atomic mass is 32.2. The third-order valence-corrected chi connectivity index (χ3v) is 6.60. The van der Waals surface area contributed by atoms with Crippen molar-refractivity contribution in [3.8, 4) is 0 Å². The van der Waals surface area contributed by atoms with Gasteiger partial charge in [0.1, 0.15) is 5.82 Å². The van der Waals surface area contributed by atoms with E-state index in [1.165, 1.54) is 0 Å². The Balaban J connectivity index is 0.00000334. The molecular weight excluding hydrogens is 500 g/mol. The predicted octanol–water partition coefficient (Wildman–Crippen LogP) is 7.82. The van der Waals surface area contributed by atoms with Crippen molar-refractivity contribution in [1.29, 1.82) is 0 Å². The van der Waals surface area contributed by atoms with E-state index >= 15 is 0 Å². The topological polar surface area (TPSA) is 86.9 Å². The van der Waals surface area contributed by atoms with Gasteiger partial charge in [0, 0.05) is 23.6 Å². The molecule has 0 bridgehead atoms. The molecule has 0 saturated carbocycles. The fourth-order valence-electron chi connectivity index (χ4n) is 3.09. The summed E-state index contributed by atoms with van der Waals surface area (Å²) in [6.45, 7) is 13.8. The largest absolute Gasteiger partial charge is 0.338 e. The number of carbonyl (C=O) groups is 2. The highest BCUT2D eigenvalue weighted by Crippen LogP contribution is 2.21. The second kappa shape index (κ2) is 18.3. The van der Waals surface area contributed by atoms with Crippen molar-refractivity contribution in [2.45, 2.75) is 53.9 Å². The standard InChI is InChI=1S/C27H34N4O2S2.C2H6/c1-6-9-22(34-5)18-26(33)28-20(8-3)11-10-19(4)27-30-23-13-12-21(17-24(23)31-27)29-25(32)14-16-35-15-7-2;1-2/h7-13,15,17H,3,6,14,16,18H2,1-2,4-5H3,(H,28,33)(H,29,32)(H,30,31);1-2H3/b15-7-,19-10+,20-11+,22-9-;. The lowest BCUT2D eigenvalue weighted by molar-refractivity contribution is -0.119. The second-order valence-electron chi connectivity index (χ2n) is 7.64. The quantitative estimate of drug-likeness (QED) is 0.178. The second-order valence-corrected chi connectivity index (χ2v) is 9.59. The van der Waals surface area contributed by atoms with Crippen LogP contribution in [0.3, 0.4) is 0 Å². The van der Waals surface area contributed by atoms with Crippen molar-refractivity contribution >= 4 is 57.6 Å². The molecule has 0 aliphatic heterocycles. The molecule has 37 heavy (non-hydrogen) atoms. The maximum absolute atomic E-state index is 12.4. The Kier molecular flexibility index (Phi) is 15.9. The monoisotopic (exact) mass is 540 g/mol. The SMILES string of the molecule is C=C/C(=C\C=C(/C)c1nc2ccc(NC(=O)CCS/C=C\C)cc2[nH]1)NC(=O)C/C(=C/CC)SC.CC. The van der Waals surface area contributed by atoms with E-state index in [-0.39, 0.29) is 11.8 Å². The Morgan fingerprint density at radius 1 is 1.19 bits per heavy atom. The maximum Gasteiger partial charge on any atom is 0.229 e. The zero-order valence-electron chi connectivity index (χ0n) is 22.8. The van der Waals surface area contributed by atoms with Crippen LogP contribution in [0.25, 0.3) is 16.6 Å². The van der Waals surface area contributed by atoms with E-state index in [9.17, 15) is 9.59 Å². The molecule has 0 saturated heterocycles. The van der Waals surface area contributed by atoms with Gasteiger partial charge in [0.05, 0.1) is 17.5 Å². The Morgan fingerprint density at radius 3 is 2.59 bits per heavy atom. The molecule has 8 heteroatoms. The number of aromatic nitrogens is 2. The van der Waals surface area contributed by atoms with Crippen LogP contribution in [-0.2, 0) is 9.59 Å². The van der Waals surface area contributed by atoms with Crippen molar-refractivity contribution in [1.82, 2.24) is 15.3 Å². The number of hydrogen-bond acceptors (Lipinski definition) is 5. The minimum absolute atomic E-state index is 0.0175. The smallest absolute Gasteiger partial charge is 0.229 e. The minimum Gasteiger partial charge on any atom is -0.338 e. The van der Waals surface area contributed by atoms with Gasteiger partial charge in [-0.3, -0.25) is 9.59 Å². The summed E-state index contributed by atoms with van der Waals surface area (Å²) >= 11 is 3.20. The number of imidazole rings is 1. The zero-order valence-corrected chi connectivity index (χ0v) is 24.4. The summed E-state index contributed by atoms with van der Waals surface area (Å²) in [5.41, 5.74) is 3.90. The number of H-pyrrole nitrogens is 1. The number of benzene rings is 1. The lowest BCUT2D eigenvalue weighted by Gasteiger charge is -2.07. The minimum atomic E-state index is -0.0741. The van der Waals surface area contributed by atoms with Gasteiger partial charge in [-0.05, 0) is 72.8 Å². The molecule has 0 fully saturated rings. The van der Waals surface area contributed by atoms with Crippen LogP contribution in [-0.4, -0.2) is 33.8 Å². The lowest BCUT2D eigenvalue weighted by Crippen LogP contribution is -2.21. The van der Waals surface area contributed by atoms with Crippen LogP contribution in [0.15, 0.2) is 71.2 Å². The molecule has 0 aliphatic carbocycles. The lowest BCUT2D eigenvalue weighted by atomic mass is 10.2. The molecule has 0 aliphatic rings. The highest BCUT2D eigenvalue weighted by Gasteiger charge is 2.08. The molecule has 1 aromatic heterocycles. The molecule has 2 amide bonds. The number of nitrogens with zero attached hydrogens (tertiary/aromatic N) is 1. The van der Waals surface area contributed by atoms with Crippen LogP contribution in [0, 0.1) is 0 Å². The molecular formula is C29H40N4O2S2. The van der Waals surface area contributed by atoms with Crippen LogP contribution >= 0.6 is 23.5 Å². The van der Waals surface area contributed by atoms with Crippen LogP contribution < -0.4 is 10.6 Å². The molecule has 1 aromatic carbocycles. The van der Waals surface area contributed by atoms with Gasteiger partial charge in [0.2, 0.25) is 11.8 Å². The van der Waals surface area contributed by atoms with Gasteiger partial charge in [-0.25, -0.2) is 4.98 Å². The van der Waals surface area contributed by atoms with Crippen LogP contribution in [0.1, 0.15) is 59.7 Å². The van der Waals surface area contributed by atoms with Crippen molar-refractivity contribution < 1.29 is 9.59 Å². The predicted molar refractivity (Wildman–Crippen MR) is 165 cm³/mol. The first-order chi connectivity index (χ1) is 17.9.